The zero-order valence-electron chi connectivity index (χ0n) is 12.6. The second-order valence-electron chi connectivity index (χ2n) is 4.28. The standard InChI is InChI=1S/C13H7F6NO3S.Na/c1-23-7-3-2-5(4-6(7)14)20-24(21,22)13-11(18)9(16)8(15)10(17)12(13)19;/h2-4H,1H3,(H,20,21,22);/q;+1/p-1. The minimum absolute atomic E-state index is 0. The van der Waals surface area contributed by atoms with Crippen molar-refractivity contribution >= 4 is 15.7 Å². The fourth-order valence-electron chi connectivity index (χ4n) is 1.71. The van der Waals surface area contributed by atoms with Gasteiger partial charge < -0.3 is 9.29 Å². The molecule has 0 spiro atoms. The fraction of sp³-hybridized carbons (Fsp3) is 0.0769. The maximum atomic E-state index is 13.5. The number of halogens is 6. The van der Waals surface area contributed by atoms with Gasteiger partial charge in [-0.3, -0.25) is 4.21 Å². The van der Waals surface area contributed by atoms with Crippen LogP contribution in [-0.2, 0) is 10.0 Å². The first kappa shape index (κ1) is 21.8. The molecule has 0 amide bonds. The summed E-state index contributed by atoms with van der Waals surface area (Å²) in [6.45, 7) is 0. The molecule has 0 fully saturated rings. The van der Waals surface area contributed by atoms with Gasteiger partial charge in [0.15, 0.2) is 34.8 Å². The van der Waals surface area contributed by atoms with Crippen LogP contribution >= 0.6 is 0 Å². The van der Waals surface area contributed by atoms with Gasteiger partial charge in [-0.2, -0.15) is 0 Å². The van der Waals surface area contributed by atoms with Gasteiger partial charge in [-0.1, -0.05) is 0 Å². The molecular formula is C13H6F6NNaO3S. The third-order valence-corrected chi connectivity index (χ3v) is 4.11. The summed E-state index contributed by atoms with van der Waals surface area (Å²) in [4.78, 5) is -2.13. The summed E-state index contributed by atoms with van der Waals surface area (Å²) in [6, 6.07) is 2.41. The second kappa shape index (κ2) is 7.96. The van der Waals surface area contributed by atoms with Crippen LogP contribution in [0, 0.1) is 34.9 Å². The van der Waals surface area contributed by atoms with Crippen LogP contribution < -0.4 is 34.3 Å². The van der Waals surface area contributed by atoms with E-state index in [0.29, 0.717) is 6.07 Å². The quantitative estimate of drug-likeness (QED) is 0.336. The Morgan fingerprint density at radius 3 is 1.88 bits per heavy atom. The Morgan fingerprint density at radius 2 is 1.44 bits per heavy atom. The molecule has 0 heterocycles. The van der Waals surface area contributed by atoms with E-state index in [1.165, 1.54) is 0 Å². The minimum atomic E-state index is -5.35. The summed E-state index contributed by atoms with van der Waals surface area (Å²) in [5.74, 6) is -13.9. The van der Waals surface area contributed by atoms with Crippen LogP contribution in [0.4, 0.5) is 32.0 Å². The molecule has 0 aromatic heterocycles. The molecule has 0 saturated carbocycles. The van der Waals surface area contributed by atoms with Crippen molar-refractivity contribution in [3.05, 3.63) is 53.1 Å². The molecule has 25 heavy (non-hydrogen) atoms. The van der Waals surface area contributed by atoms with Gasteiger partial charge in [0.05, 0.1) is 12.8 Å². The summed E-state index contributed by atoms with van der Waals surface area (Å²) in [7, 11) is -4.23. The first-order valence-electron chi connectivity index (χ1n) is 5.93. The smallest absolute Gasteiger partial charge is 0.760 e. The van der Waals surface area contributed by atoms with Gasteiger partial charge in [-0.25, -0.2) is 30.7 Å². The zero-order valence-corrected chi connectivity index (χ0v) is 15.4. The van der Waals surface area contributed by atoms with Crippen molar-refractivity contribution in [1.29, 1.82) is 0 Å². The van der Waals surface area contributed by atoms with Crippen molar-refractivity contribution in [2.45, 2.75) is 4.90 Å². The van der Waals surface area contributed by atoms with Gasteiger partial charge in [-0.05, 0) is 12.1 Å². The van der Waals surface area contributed by atoms with Crippen molar-refractivity contribution in [3.63, 3.8) is 0 Å². The van der Waals surface area contributed by atoms with Gasteiger partial charge in [-0.15, -0.1) is 0 Å². The minimum Gasteiger partial charge on any atom is -0.760 e. The Balaban J connectivity index is 0.00000312. The molecule has 12 heteroatoms. The van der Waals surface area contributed by atoms with E-state index in [4.69, 9.17) is 0 Å². The van der Waals surface area contributed by atoms with Gasteiger partial charge in [0, 0.05) is 16.1 Å². The first-order chi connectivity index (χ1) is 11.1. The van der Waals surface area contributed by atoms with Crippen LogP contribution in [0.3, 0.4) is 0 Å². The number of rotatable bonds is 3. The fourth-order valence-corrected chi connectivity index (χ4v) is 2.82. The Labute approximate surface area is 160 Å². The normalized spacial score (nSPS) is 13.0. The summed E-state index contributed by atoms with van der Waals surface area (Å²) >= 11 is 0. The Kier molecular flexibility index (Phi) is 6.93. The van der Waals surface area contributed by atoms with E-state index < -0.39 is 55.5 Å². The molecule has 130 valence electrons. The molecular weight excluding hydrogens is 387 g/mol. The van der Waals surface area contributed by atoms with Crippen LogP contribution in [0.1, 0.15) is 0 Å². The number of ether oxygens (including phenoxy) is 1. The third-order valence-electron chi connectivity index (χ3n) is 2.79. The van der Waals surface area contributed by atoms with E-state index in [1.54, 1.807) is 0 Å². The Hall–Kier alpha value is -1.27. The molecule has 0 bridgehead atoms. The molecule has 1 atom stereocenters. The second-order valence-corrected chi connectivity index (χ2v) is 5.83. The van der Waals surface area contributed by atoms with E-state index in [0.717, 1.165) is 19.2 Å². The number of methoxy groups -OCH3 is 1. The molecule has 4 nitrogen and oxygen atoms in total. The number of hydrogen-bond donors (Lipinski definition) is 0. The molecule has 0 saturated heterocycles. The van der Waals surface area contributed by atoms with Crippen LogP contribution in [0.15, 0.2) is 27.5 Å². The average Bonchev–Trinajstić information content (AvgIpc) is 2.50. The van der Waals surface area contributed by atoms with E-state index in [9.17, 15) is 35.1 Å². The SMILES string of the molecule is COc1ccc(N=S(=O)([O-])c2c(F)c(F)c(F)c(F)c2F)cc1F.[Na+]. The predicted octanol–water partition coefficient (Wildman–Crippen LogP) is 0.823. The first-order valence-corrected chi connectivity index (χ1v) is 7.37. The van der Waals surface area contributed by atoms with Crippen LogP contribution in [-0.4, -0.2) is 15.9 Å². The van der Waals surface area contributed by atoms with Gasteiger partial charge in [0.25, 0.3) is 0 Å². The number of nitrogens with zero attached hydrogens (tertiary/aromatic N) is 1. The van der Waals surface area contributed by atoms with Crippen molar-refractivity contribution in [2.75, 3.05) is 7.11 Å². The molecule has 2 rings (SSSR count). The maximum Gasteiger partial charge on any atom is 1.00 e. The van der Waals surface area contributed by atoms with Crippen LogP contribution in [0.2, 0.25) is 0 Å². The molecule has 0 aliphatic rings. The summed E-state index contributed by atoms with van der Waals surface area (Å²) in [6.07, 6.45) is 0. The monoisotopic (exact) mass is 393 g/mol. The predicted molar refractivity (Wildman–Crippen MR) is 68.5 cm³/mol. The molecule has 0 N–H and O–H groups in total. The average molecular weight is 393 g/mol. The Morgan fingerprint density at radius 1 is 0.960 bits per heavy atom. The van der Waals surface area contributed by atoms with Crippen molar-refractivity contribution in [2.24, 2.45) is 4.36 Å². The molecule has 0 aliphatic carbocycles. The number of benzene rings is 2. The van der Waals surface area contributed by atoms with Gasteiger partial charge in [0.2, 0.25) is 5.82 Å². The Bertz CT molecular complexity index is 917. The molecule has 0 aliphatic heterocycles. The third kappa shape index (κ3) is 4.11. The molecule has 2 aromatic carbocycles. The summed E-state index contributed by atoms with van der Waals surface area (Å²) < 4.78 is 111. The molecule has 2 aromatic rings. The van der Waals surface area contributed by atoms with Crippen molar-refractivity contribution < 1.29 is 69.4 Å². The van der Waals surface area contributed by atoms with Gasteiger partial charge in [0.1, 0.15) is 4.90 Å². The van der Waals surface area contributed by atoms with E-state index in [-0.39, 0.29) is 35.3 Å². The zero-order chi connectivity index (χ0) is 18.2. The molecule has 0 radical (unpaired) electrons. The van der Waals surface area contributed by atoms with E-state index in [1.807, 2.05) is 0 Å². The van der Waals surface area contributed by atoms with Crippen molar-refractivity contribution in [3.8, 4) is 5.75 Å². The summed E-state index contributed by atoms with van der Waals surface area (Å²) in [5.41, 5.74) is -0.641. The van der Waals surface area contributed by atoms with Crippen LogP contribution in [0.25, 0.3) is 0 Å². The largest absolute Gasteiger partial charge is 1.00 e. The van der Waals surface area contributed by atoms with E-state index in [2.05, 4.69) is 9.10 Å². The topological polar surface area (TPSA) is 61.7 Å². The van der Waals surface area contributed by atoms with E-state index >= 15 is 0 Å². The summed E-state index contributed by atoms with van der Waals surface area (Å²) in [5, 5.41) is 0. The van der Waals surface area contributed by atoms with Gasteiger partial charge >= 0.3 is 29.6 Å². The maximum absolute atomic E-state index is 13.5. The number of hydrogen-bond acceptors (Lipinski definition) is 4. The van der Waals surface area contributed by atoms with Crippen molar-refractivity contribution in [1.82, 2.24) is 0 Å². The van der Waals surface area contributed by atoms with Crippen LogP contribution in [0.5, 0.6) is 5.75 Å². The molecule has 1 unspecified atom stereocenters.